The molecule has 90 valence electrons. The fourth-order valence-corrected chi connectivity index (χ4v) is 1.01. The molecule has 0 aliphatic heterocycles. The van der Waals surface area contributed by atoms with E-state index in [1.54, 1.807) is 13.0 Å². The topological polar surface area (TPSA) is 65.5 Å². The summed E-state index contributed by atoms with van der Waals surface area (Å²) in [5, 5.41) is 0. The van der Waals surface area contributed by atoms with Gasteiger partial charge in [-0.25, -0.2) is 14.6 Å². The summed E-state index contributed by atoms with van der Waals surface area (Å²) >= 11 is 0. The van der Waals surface area contributed by atoms with E-state index in [-0.39, 0.29) is 23.6 Å². The molecule has 1 heterocycles. The number of carbonyl (C=O) groups excluding carboxylic acids is 2. The maximum absolute atomic E-state index is 11.5. The van der Waals surface area contributed by atoms with Gasteiger partial charge in [0.15, 0.2) is 11.4 Å². The van der Waals surface area contributed by atoms with Crippen LogP contribution in [0.3, 0.4) is 0 Å². The Morgan fingerprint density at radius 1 is 1.47 bits per heavy atom. The lowest BCUT2D eigenvalue weighted by Gasteiger charge is -2.07. The van der Waals surface area contributed by atoms with Crippen molar-refractivity contribution in [1.82, 2.24) is 4.98 Å². The van der Waals surface area contributed by atoms with E-state index in [1.165, 1.54) is 19.2 Å². The van der Waals surface area contributed by atoms with Gasteiger partial charge in [0.1, 0.15) is 0 Å². The summed E-state index contributed by atoms with van der Waals surface area (Å²) in [6, 6.07) is 3.03. The second-order valence-electron chi connectivity index (χ2n) is 3.24. The van der Waals surface area contributed by atoms with Crippen molar-refractivity contribution < 1.29 is 19.1 Å². The molecule has 5 nitrogen and oxygen atoms in total. The van der Waals surface area contributed by atoms with Crippen molar-refractivity contribution in [2.24, 2.45) is 0 Å². The molecule has 0 saturated heterocycles. The Balaban J connectivity index is 2.96. The Morgan fingerprint density at radius 3 is 2.76 bits per heavy atom. The highest BCUT2D eigenvalue weighted by atomic mass is 16.5. The van der Waals surface area contributed by atoms with E-state index in [0.717, 1.165) is 0 Å². The van der Waals surface area contributed by atoms with Crippen LogP contribution in [0.4, 0.5) is 0 Å². The second kappa shape index (κ2) is 5.79. The molecule has 0 amide bonds. The first-order valence-electron chi connectivity index (χ1n) is 5.06. The number of nitrogens with zero attached hydrogens (tertiary/aromatic N) is 1. The van der Waals surface area contributed by atoms with Crippen LogP contribution in [0, 0.1) is 0 Å². The first-order valence-corrected chi connectivity index (χ1v) is 5.06. The van der Waals surface area contributed by atoms with Gasteiger partial charge in [0, 0.05) is 11.8 Å². The van der Waals surface area contributed by atoms with E-state index in [1.807, 2.05) is 0 Å². The van der Waals surface area contributed by atoms with Crippen molar-refractivity contribution in [3.8, 4) is 5.75 Å². The maximum Gasteiger partial charge on any atom is 0.360 e. The normalized spacial score (nSPS) is 9.53. The first kappa shape index (κ1) is 12.9. The van der Waals surface area contributed by atoms with Crippen LogP contribution in [0.1, 0.15) is 24.3 Å². The van der Waals surface area contributed by atoms with Gasteiger partial charge in [-0.05, 0) is 26.0 Å². The summed E-state index contributed by atoms with van der Waals surface area (Å²) < 4.78 is 9.77. The molecule has 0 fully saturated rings. The second-order valence-corrected chi connectivity index (χ2v) is 3.24. The van der Waals surface area contributed by atoms with E-state index in [4.69, 9.17) is 9.47 Å². The third-order valence-electron chi connectivity index (χ3n) is 1.79. The van der Waals surface area contributed by atoms with Gasteiger partial charge >= 0.3 is 11.9 Å². The standard InChI is InChI=1S/C12H13NO4/c1-4-16-12(15)10-9(6-5-7-13-10)17-11(14)8(2)3/h5-7H,2,4H2,1,3H3. The summed E-state index contributed by atoms with van der Waals surface area (Å²) in [7, 11) is 0. The predicted octanol–water partition coefficient (Wildman–Crippen LogP) is 1.74. The van der Waals surface area contributed by atoms with Crippen molar-refractivity contribution in [1.29, 1.82) is 0 Å². The predicted molar refractivity (Wildman–Crippen MR) is 60.6 cm³/mol. The average molecular weight is 235 g/mol. The summed E-state index contributed by atoms with van der Waals surface area (Å²) in [4.78, 5) is 26.7. The van der Waals surface area contributed by atoms with Crippen LogP contribution in [0.25, 0.3) is 0 Å². The van der Waals surface area contributed by atoms with Gasteiger partial charge in [-0.2, -0.15) is 0 Å². The van der Waals surface area contributed by atoms with Crippen molar-refractivity contribution in [3.05, 3.63) is 36.2 Å². The Labute approximate surface area is 99.1 Å². The van der Waals surface area contributed by atoms with Crippen LogP contribution in [-0.2, 0) is 9.53 Å². The third kappa shape index (κ3) is 3.41. The SMILES string of the molecule is C=C(C)C(=O)Oc1cccnc1C(=O)OCC. The molecule has 0 aliphatic carbocycles. The minimum atomic E-state index is -0.627. The Kier molecular flexibility index (Phi) is 4.39. The lowest BCUT2D eigenvalue weighted by molar-refractivity contribution is -0.130. The molecule has 0 radical (unpaired) electrons. The lowest BCUT2D eigenvalue weighted by Crippen LogP contribution is -2.14. The van der Waals surface area contributed by atoms with Gasteiger partial charge in [0.05, 0.1) is 6.61 Å². The highest BCUT2D eigenvalue weighted by Crippen LogP contribution is 2.17. The summed E-state index contributed by atoms with van der Waals surface area (Å²) in [6.45, 7) is 6.87. The number of rotatable bonds is 4. The number of carbonyl (C=O) groups is 2. The van der Waals surface area contributed by atoms with Gasteiger partial charge in [-0.3, -0.25) is 0 Å². The van der Waals surface area contributed by atoms with E-state index >= 15 is 0 Å². The average Bonchev–Trinajstić information content (AvgIpc) is 2.29. The fourth-order valence-electron chi connectivity index (χ4n) is 1.01. The van der Waals surface area contributed by atoms with E-state index in [2.05, 4.69) is 11.6 Å². The molecule has 0 spiro atoms. The number of pyridine rings is 1. The Bertz CT molecular complexity index is 454. The zero-order chi connectivity index (χ0) is 12.8. The fraction of sp³-hybridized carbons (Fsp3) is 0.250. The van der Waals surface area contributed by atoms with Crippen LogP contribution in [-0.4, -0.2) is 23.5 Å². The first-order chi connectivity index (χ1) is 8.06. The number of aromatic nitrogens is 1. The summed E-state index contributed by atoms with van der Waals surface area (Å²) in [5.41, 5.74) is 0.215. The zero-order valence-electron chi connectivity index (χ0n) is 9.73. The molecule has 0 aliphatic rings. The Hall–Kier alpha value is -2.17. The van der Waals surface area contributed by atoms with Gasteiger partial charge in [0.2, 0.25) is 0 Å². The van der Waals surface area contributed by atoms with Crippen LogP contribution >= 0.6 is 0 Å². The monoisotopic (exact) mass is 235 g/mol. The summed E-state index contributed by atoms with van der Waals surface area (Å²) in [6.07, 6.45) is 1.42. The van der Waals surface area contributed by atoms with E-state index in [0.29, 0.717) is 0 Å². The highest BCUT2D eigenvalue weighted by molar-refractivity contribution is 5.93. The molecule has 0 aromatic carbocycles. The van der Waals surface area contributed by atoms with Gasteiger partial charge in [-0.15, -0.1) is 0 Å². The molecular formula is C12H13NO4. The van der Waals surface area contributed by atoms with Gasteiger partial charge in [0.25, 0.3) is 0 Å². The Morgan fingerprint density at radius 2 is 2.18 bits per heavy atom. The molecule has 0 saturated carbocycles. The molecule has 5 heteroatoms. The quantitative estimate of drug-likeness (QED) is 0.587. The molecule has 1 aromatic rings. The molecule has 0 unspecified atom stereocenters. The molecule has 1 aromatic heterocycles. The third-order valence-corrected chi connectivity index (χ3v) is 1.79. The van der Waals surface area contributed by atoms with Crippen molar-refractivity contribution in [2.75, 3.05) is 6.61 Å². The van der Waals surface area contributed by atoms with Crippen LogP contribution in [0.15, 0.2) is 30.5 Å². The van der Waals surface area contributed by atoms with Gasteiger partial charge in [-0.1, -0.05) is 6.58 Å². The molecule has 1 rings (SSSR count). The summed E-state index contributed by atoms with van der Waals surface area (Å²) in [5.74, 6) is -1.17. The number of hydrogen-bond acceptors (Lipinski definition) is 5. The largest absolute Gasteiger partial charge is 0.461 e. The van der Waals surface area contributed by atoms with Gasteiger partial charge < -0.3 is 9.47 Å². The molecule has 0 N–H and O–H groups in total. The van der Waals surface area contributed by atoms with E-state index in [9.17, 15) is 9.59 Å². The van der Waals surface area contributed by atoms with Crippen LogP contribution in [0.5, 0.6) is 5.75 Å². The van der Waals surface area contributed by atoms with Crippen LogP contribution < -0.4 is 4.74 Å². The number of esters is 2. The molecular weight excluding hydrogens is 222 g/mol. The highest BCUT2D eigenvalue weighted by Gasteiger charge is 2.17. The smallest absolute Gasteiger partial charge is 0.360 e. The van der Waals surface area contributed by atoms with Crippen molar-refractivity contribution in [3.63, 3.8) is 0 Å². The molecule has 0 bridgehead atoms. The maximum atomic E-state index is 11.5. The van der Waals surface area contributed by atoms with Crippen molar-refractivity contribution >= 4 is 11.9 Å². The lowest BCUT2D eigenvalue weighted by atomic mass is 10.3. The van der Waals surface area contributed by atoms with E-state index < -0.39 is 11.9 Å². The number of ether oxygens (including phenoxy) is 2. The zero-order valence-corrected chi connectivity index (χ0v) is 9.73. The van der Waals surface area contributed by atoms with Crippen LogP contribution in [0.2, 0.25) is 0 Å². The minimum absolute atomic E-state index is 0.0241. The minimum Gasteiger partial charge on any atom is -0.461 e. The van der Waals surface area contributed by atoms with Crippen molar-refractivity contribution in [2.45, 2.75) is 13.8 Å². The molecule has 0 atom stereocenters. The molecule has 17 heavy (non-hydrogen) atoms. The number of hydrogen-bond donors (Lipinski definition) is 0.